The van der Waals surface area contributed by atoms with Crippen molar-refractivity contribution < 1.29 is 29.5 Å². The van der Waals surface area contributed by atoms with Gasteiger partial charge >= 0.3 is 11.8 Å². The van der Waals surface area contributed by atoms with Crippen LogP contribution in [-0.2, 0) is 33.5 Å². The van der Waals surface area contributed by atoms with Crippen LogP contribution < -0.4 is 0 Å². The summed E-state index contributed by atoms with van der Waals surface area (Å²) >= 11 is 10.7. The SMILES string of the molecule is CC(C(=O)O)c1ccc2oc(-c3ccc(Cl)cc3)nc2c1.CC(C)(Sc1cc(C(C)(C)C)c(O)c(C(C)(C)C)c1)Sc1cc(C(C)(C)C)c(O)c(C(C)(C)C)c1.Cn1cnc([N+](=O)[O-])c1Sc1ncnc2nc[nH]c12. The maximum atomic E-state index is 11.1. The Hall–Kier alpha value is -6.08. The summed E-state index contributed by atoms with van der Waals surface area (Å²) in [5.74, 6) is -0.313. The number of hydrogen-bond acceptors (Lipinski definition) is 14. The minimum atomic E-state index is -0.865. The van der Waals surface area contributed by atoms with Gasteiger partial charge < -0.3 is 39.4 Å². The predicted octanol–water partition coefficient (Wildman–Crippen LogP) is 15.4. The van der Waals surface area contributed by atoms with Gasteiger partial charge in [-0.05, 0) is 130 Å². The number of halogens is 1. The molecule has 0 amide bonds. The minimum Gasteiger partial charge on any atom is -0.507 e. The Morgan fingerprint density at radius 2 is 1.25 bits per heavy atom. The van der Waals surface area contributed by atoms with E-state index in [1.807, 2.05) is 35.7 Å². The fourth-order valence-corrected chi connectivity index (χ4v) is 11.5. The minimum absolute atomic E-state index is 0.155. The zero-order valence-corrected chi connectivity index (χ0v) is 48.6. The molecule has 0 aliphatic carbocycles. The van der Waals surface area contributed by atoms with E-state index in [9.17, 15) is 25.1 Å². The van der Waals surface area contributed by atoms with Crippen molar-refractivity contribution in [1.82, 2.24) is 34.5 Å². The smallest absolute Gasteiger partial charge is 0.396 e. The van der Waals surface area contributed by atoms with Crippen molar-refractivity contribution in [2.45, 2.75) is 155 Å². The molecule has 0 aliphatic heterocycles. The zero-order chi connectivity index (χ0) is 55.7. The number of nitrogens with one attached hydrogen (secondary N) is 1. The van der Waals surface area contributed by atoms with Crippen LogP contribution in [-0.4, -0.2) is 64.8 Å². The molecule has 398 valence electrons. The van der Waals surface area contributed by atoms with E-state index in [4.69, 9.17) is 21.1 Å². The first-order chi connectivity index (χ1) is 34.6. The molecule has 4 N–H and O–H groups in total. The second kappa shape index (κ2) is 22.3. The lowest BCUT2D eigenvalue weighted by Gasteiger charge is -2.31. The maximum absolute atomic E-state index is 11.1. The third-order valence-electron chi connectivity index (χ3n) is 11.9. The highest BCUT2D eigenvalue weighted by molar-refractivity contribution is 8.18. The molecule has 75 heavy (non-hydrogen) atoms. The number of H-pyrrole nitrogens is 1. The molecule has 0 saturated carbocycles. The summed E-state index contributed by atoms with van der Waals surface area (Å²) < 4.78 is 7.10. The van der Waals surface area contributed by atoms with Crippen LogP contribution in [0.25, 0.3) is 33.7 Å². The van der Waals surface area contributed by atoms with E-state index >= 15 is 0 Å². The first-order valence-corrected chi connectivity index (χ1v) is 27.0. The van der Waals surface area contributed by atoms with Crippen molar-refractivity contribution in [1.29, 1.82) is 0 Å². The van der Waals surface area contributed by atoms with E-state index in [-0.39, 0.29) is 31.6 Å². The Balaban J connectivity index is 0.000000194. The van der Waals surface area contributed by atoms with Gasteiger partial charge in [-0.15, -0.1) is 23.5 Å². The van der Waals surface area contributed by atoms with Gasteiger partial charge in [-0.2, -0.15) is 0 Å². The summed E-state index contributed by atoms with van der Waals surface area (Å²) in [6.07, 6.45) is 4.26. The number of hydrogen-bond donors (Lipinski definition) is 4. The van der Waals surface area contributed by atoms with Gasteiger partial charge in [0.25, 0.3) is 0 Å². The number of aromatic nitrogens is 7. The van der Waals surface area contributed by atoms with Gasteiger partial charge in [-0.25, -0.2) is 19.9 Å². The molecule has 0 bridgehead atoms. The molecule has 1 unspecified atom stereocenters. The molecule has 4 heterocycles. The van der Waals surface area contributed by atoms with Gasteiger partial charge in [-0.1, -0.05) is 101 Å². The maximum Gasteiger partial charge on any atom is 0.396 e. The van der Waals surface area contributed by atoms with Crippen molar-refractivity contribution in [3.8, 4) is 23.0 Å². The Morgan fingerprint density at radius 3 is 1.72 bits per heavy atom. The van der Waals surface area contributed by atoms with Crippen LogP contribution in [0.2, 0.25) is 5.02 Å². The summed E-state index contributed by atoms with van der Waals surface area (Å²) in [7, 11) is 1.69. The molecular formula is C56H67ClN8O7S3. The lowest BCUT2D eigenvalue weighted by molar-refractivity contribution is -0.392. The number of phenols is 2. The number of imidazole rings is 2. The van der Waals surface area contributed by atoms with Crippen LogP contribution in [0, 0.1) is 10.1 Å². The second-order valence-corrected chi connectivity index (χ2v) is 27.8. The van der Waals surface area contributed by atoms with Crippen molar-refractivity contribution in [2.24, 2.45) is 7.05 Å². The van der Waals surface area contributed by atoms with Gasteiger partial charge in [0, 0.05) is 49.7 Å². The van der Waals surface area contributed by atoms with Crippen molar-refractivity contribution >= 4 is 80.9 Å². The van der Waals surface area contributed by atoms with Crippen molar-refractivity contribution in [2.75, 3.05) is 0 Å². The van der Waals surface area contributed by atoms with Crippen LogP contribution in [0.15, 0.2) is 110 Å². The molecule has 8 rings (SSSR count). The van der Waals surface area contributed by atoms with Crippen LogP contribution in [0.5, 0.6) is 11.5 Å². The molecule has 8 aromatic rings. The first-order valence-electron chi connectivity index (χ1n) is 24.2. The first kappa shape index (κ1) is 58.2. The molecular weight excluding hydrogens is 1030 g/mol. The number of fused-ring (bicyclic) bond motifs is 2. The van der Waals surface area contributed by atoms with E-state index < -0.39 is 16.8 Å². The number of thioether (sulfide) groups is 2. The highest BCUT2D eigenvalue weighted by atomic mass is 35.5. The monoisotopic (exact) mass is 1090 g/mol. The quantitative estimate of drug-likeness (QED) is 0.0329. The van der Waals surface area contributed by atoms with E-state index in [0.29, 0.717) is 60.3 Å². The molecule has 4 aromatic heterocycles. The molecule has 0 saturated heterocycles. The fraction of sp³-hybridized carbons (Fsp3) is 0.393. The number of aryl methyl sites for hydroxylation is 1. The number of nitrogens with zero attached hydrogens (tertiary/aromatic N) is 7. The van der Waals surface area contributed by atoms with Crippen molar-refractivity contribution in [3.63, 3.8) is 0 Å². The largest absolute Gasteiger partial charge is 0.507 e. The average Bonchev–Trinajstić information content (AvgIpc) is 4.05. The lowest BCUT2D eigenvalue weighted by Crippen LogP contribution is -2.19. The topological polar surface area (TPSA) is 219 Å². The number of benzene rings is 4. The lowest BCUT2D eigenvalue weighted by atomic mass is 9.79. The molecule has 0 radical (unpaired) electrons. The number of nitro groups is 1. The van der Waals surface area contributed by atoms with E-state index in [0.717, 1.165) is 39.6 Å². The normalized spacial score (nSPS) is 12.8. The third kappa shape index (κ3) is 14.2. The number of carbonyl (C=O) groups is 1. The summed E-state index contributed by atoms with van der Waals surface area (Å²) in [5, 5.41) is 43.8. The van der Waals surface area contributed by atoms with Crippen LogP contribution >= 0.6 is 46.9 Å². The number of carboxylic acids is 1. The van der Waals surface area contributed by atoms with E-state index in [1.54, 1.807) is 48.9 Å². The number of phenolic OH excluding ortho intramolecular Hbond substituents is 2. The van der Waals surface area contributed by atoms with Gasteiger partial charge in [-0.3, -0.25) is 4.79 Å². The van der Waals surface area contributed by atoms with Crippen molar-refractivity contribution in [3.05, 3.63) is 129 Å². The molecule has 1 atom stereocenters. The van der Waals surface area contributed by atoms with Gasteiger partial charge in [0.2, 0.25) is 12.2 Å². The van der Waals surface area contributed by atoms with Gasteiger partial charge in [0.05, 0.1) is 16.3 Å². The number of aromatic hydroxyl groups is 2. The number of oxazole rings is 1. The number of aliphatic carboxylic acids is 1. The summed E-state index contributed by atoms with van der Waals surface area (Å²) in [5.41, 5.74) is 7.29. The highest BCUT2D eigenvalue weighted by Gasteiger charge is 2.32. The fourth-order valence-electron chi connectivity index (χ4n) is 7.84. The molecule has 4 aromatic carbocycles. The van der Waals surface area contributed by atoms with E-state index in [2.05, 4.69) is 151 Å². The molecule has 19 heteroatoms. The Morgan fingerprint density at radius 1 is 0.747 bits per heavy atom. The number of rotatable bonds is 10. The summed E-state index contributed by atoms with van der Waals surface area (Å²) in [6, 6.07) is 21.1. The van der Waals surface area contributed by atoms with Gasteiger partial charge in [0.15, 0.2) is 16.3 Å². The molecule has 15 nitrogen and oxygen atoms in total. The van der Waals surface area contributed by atoms with Crippen LogP contribution in [0.1, 0.15) is 138 Å². The molecule has 0 spiro atoms. The van der Waals surface area contributed by atoms with Crippen LogP contribution in [0.4, 0.5) is 5.82 Å². The Kier molecular flexibility index (Phi) is 17.3. The van der Waals surface area contributed by atoms with Crippen LogP contribution in [0.3, 0.4) is 0 Å². The second-order valence-electron chi connectivity index (χ2n) is 22.8. The average molecular weight is 1100 g/mol. The van der Waals surface area contributed by atoms with E-state index in [1.165, 1.54) is 28.8 Å². The summed E-state index contributed by atoms with van der Waals surface area (Å²) in [6.45, 7) is 32.0. The molecule has 0 aliphatic rings. The number of carboxylic acid groups (broad SMARTS) is 1. The third-order valence-corrected chi connectivity index (χ3v) is 15.8. The Bertz CT molecular complexity index is 3200. The highest BCUT2D eigenvalue weighted by Crippen LogP contribution is 2.51. The summed E-state index contributed by atoms with van der Waals surface area (Å²) in [4.78, 5) is 46.9. The Labute approximate surface area is 456 Å². The standard InChI is InChI=1S/C31H48O2S2.C16H12ClNO3.C9H7N7O2S/c1-27(2,3)21-15-19(16-22(25(21)32)28(4,5)6)34-31(13,14)35-20-17-23(29(7,8)9)26(33)24(18-20)30(10,11)12;1-9(16(19)20)11-4-7-14-13(8-11)18-15(21-14)10-2-5-12(17)6-3-10;1-15-4-14-7(16(17)18)9(15)19-8-5-6(11-2-10-5)12-3-13-8/h15-18,32-33H,1-14H3;2-9H,1H3,(H,19,20);2-4H,1H3,(H,10,11,12,13). The molecule has 0 fully saturated rings. The zero-order valence-electron chi connectivity index (χ0n) is 45.4. The number of aromatic amines is 1. The predicted molar refractivity (Wildman–Crippen MR) is 303 cm³/mol. The van der Waals surface area contributed by atoms with Gasteiger partial charge in [0.1, 0.15) is 33.9 Å².